The van der Waals surface area contributed by atoms with E-state index in [1.54, 1.807) is 0 Å². The minimum atomic E-state index is 0.180. The monoisotopic (exact) mass is 264 g/mol. The van der Waals surface area contributed by atoms with Gasteiger partial charge in [-0.05, 0) is 12.5 Å². The Labute approximate surface area is 113 Å². The molecule has 0 radical (unpaired) electrons. The lowest BCUT2D eigenvalue weighted by molar-refractivity contribution is 0.135. The lowest BCUT2D eigenvalue weighted by atomic mass is 10.00. The lowest BCUT2D eigenvalue weighted by Crippen LogP contribution is -2.45. The summed E-state index contributed by atoms with van der Waals surface area (Å²) in [5.74, 6) is 1.66. The molecule has 2 aliphatic heterocycles. The van der Waals surface area contributed by atoms with Gasteiger partial charge in [-0.2, -0.15) is 0 Å². The smallest absolute Gasteiger partial charge is 0.231 e. The second-order valence-corrected chi connectivity index (χ2v) is 4.90. The lowest BCUT2D eigenvalue weighted by Gasteiger charge is -2.35. The normalized spacial score (nSPS) is 20.5. The van der Waals surface area contributed by atoms with Gasteiger partial charge in [-0.15, -0.1) is 0 Å². The summed E-state index contributed by atoms with van der Waals surface area (Å²) in [6, 6.07) is 6.20. The van der Waals surface area contributed by atoms with Crippen molar-refractivity contribution in [3.63, 3.8) is 0 Å². The number of fused-ring (bicyclic) bond motifs is 1. The Morgan fingerprint density at radius 2 is 2.11 bits per heavy atom. The molecule has 1 saturated heterocycles. The molecule has 5 nitrogen and oxygen atoms in total. The standard InChI is InChI=1S/C14H20N2O3/c17-9-4-12(16-7-5-15-6-8-16)11-2-1-3-13-14(11)19-10-18-13/h1-3,12,15,17H,4-10H2/t12-/m1/s1. The quantitative estimate of drug-likeness (QED) is 0.840. The van der Waals surface area contributed by atoms with E-state index in [2.05, 4.69) is 16.3 Å². The number of para-hydroxylation sites is 1. The van der Waals surface area contributed by atoms with Crippen LogP contribution in [0.15, 0.2) is 18.2 Å². The first kappa shape index (κ1) is 12.7. The molecule has 0 aromatic heterocycles. The van der Waals surface area contributed by atoms with E-state index < -0.39 is 0 Å². The second-order valence-electron chi connectivity index (χ2n) is 4.90. The molecule has 0 aliphatic carbocycles. The van der Waals surface area contributed by atoms with Crippen LogP contribution in [0.5, 0.6) is 11.5 Å². The highest BCUT2D eigenvalue weighted by Gasteiger charge is 2.27. The van der Waals surface area contributed by atoms with Crippen LogP contribution in [0.1, 0.15) is 18.0 Å². The molecule has 1 fully saturated rings. The van der Waals surface area contributed by atoms with Crippen LogP contribution in [0.2, 0.25) is 0 Å². The van der Waals surface area contributed by atoms with Crippen molar-refractivity contribution in [3.05, 3.63) is 23.8 Å². The van der Waals surface area contributed by atoms with E-state index in [0.29, 0.717) is 6.79 Å². The van der Waals surface area contributed by atoms with Crippen molar-refractivity contribution in [2.75, 3.05) is 39.6 Å². The maximum Gasteiger partial charge on any atom is 0.231 e. The highest BCUT2D eigenvalue weighted by Crippen LogP contribution is 2.41. The molecule has 1 aromatic rings. The average Bonchev–Trinajstić information content (AvgIpc) is 2.94. The van der Waals surface area contributed by atoms with E-state index >= 15 is 0 Å². The molecule has 104 valence electrons. The third-order valence-electron chi connectivity index (χ3n) is 3.78. The van der Waals surface area contributed by atoms with E-state index in [0.717, 1.165) is 49.7 Å². The molecule has 0 saturated carbocycles. The van der Waals surface area contributed by atoms with Gasteiger partial charge in [-0.25, -0.2) is 0 Å². The number of benzene rings is 1. The van der Waals surface area contributed by atoms with E-state index in [1.165, 1.54) is 0 Å². The molecular weight excluding hydrogens is 244 g/mol. The van der Waals surface area contributed by atoms with Crippen LogP contribution in [0.4, 0.5) is 0 Å². The van der Waals surface area contributed by atoms with Crippen molar-refractivity contribution in [2.45, 2.75) is 12.5 Å². The van der Waals surface area contributed by atoms with Gasteiger partial charge in [0.1, 0.15) is 0 Å². The number of aliphatic hydroxyl groups is 1. The third-order valence-corrected chi connectivity index (χ3v) is 3.78. The maximum atomic E-state index is 9.36. The molecule has 2 aliphatic rings. The van der Waals surface area contributed by atoms with Crippen molar-refractivity contribution >= 4 is 0 Å². The second kappa shape index (κ2) is 5.77. The Morgan fingerprint density at radius 1 is 1.26 bits per heavy atom. The van der Waals surface area contributed by atoms with Crippen molar-refractivity contribution < 1.29 is 14.6 Å². The summed E-state index contributed by atoms with van der Waals surface area (Å²) >= 11 is 0. The van der Waals surface area contributed by atoms with Gasteiger partial charge in [0.2, 0.25) is 6.79 Å². The molecule has 5 heteroatoms. The molecule has 3 rings (SSSR count). The molecule has 0 spiro atoms. The van der Waals surface area contributed by atoms with Crippen molar-refractivity contribution in [2.24, 2.45) is 0 Å². The average molecular weight is 264 g/mol. The molecule has 0 bridgehead atoms. The topological polar surface area (TPSA) is 54.0 Å². The van der Waals surface area contributed by atoms with Crippen LogP contribution in [-0.2, 0) is 0 Å². The van der Waals surface area contributed by atoms with Gasteiger partial charge in [-0.1, -0.05) is 12.1 Å². The highest BCUT2D eigenvalue weighted by atomic mass is 16.7. The van der Waals surface area contributed by atoms with Crippen LogP contribution in [0.3, 0.4) is 0 Å². The molecule has 2 N–H and O–H groups in total. The zero-order chi connectivity index (χ0) is 13.1. The summed E-state index contributed by atoms with van der Waals surface area (Å²) in [5.41, 5.74) is 1.13. The summed E-state index contributed by atoms with van der Waals surface area (Å²) in [6.45, 7) is 4.45. The Balaban J connectivity index is 1.89. The fraction of sp³-hybridized carbons (Fsp3) is 0.571. The number of piperazine rings is 1. The number of hydrogen-bond acceptors (Lipinski definition) is 5. The first-order chi connectivity index (χ1) is 9.40. The van der Waals surface area contributed by atoms with Crippen LogP contribution < -0.4 is 14.8 Å². The number of ether oxygens (including phenoxy) is 2. The summed E-state index contributed by atoms with van der Waals surface area (Å²) in [6.07, 6.45) is 0.722. The minimum Gasteiger partial charge on any atom is -0.454 e. The predicted molar refractivity (Wildman–Crippen MR) is 71.5 cm³/mol. The zero-order valence-electron chi connectivity index (χ0n) is 11.0. The minimum absolute atomic E-state index is 0.180. The maximum absolute atomic E-state index is 9.36. The largest absolute Gasteiger partial charge is 0.454 e. The van der Waals surface area contributed by atoms with Crippen LogP contribution in [0.25, 0.3) is 0 Å². The fourth-order valence-corrected chi connectivity index (χ4v) is 2.87. The van der Waals surface area contributed by atoms with Gasteiger partial charge in [0, 0.05) is 44.4 Å². The molecular formula is C14H20N2O3. The SMILES string of the molecule is OCC[C@H](c1cccc2c1OCO2)N1CCNCC1. The molecule has 19 heavy (non-hydrogen) atoms. The van der Waals surface area contributed by atoms with E-state index in [4.69, 9.17) is 9.47 Å². The molecule has 1 aromatic carbocycles. The Hall–Kier alpha value is -1.30. The van der Waals surface area contributed by atoms with E-state index in [1.807, 2.05) is 12.1 Å². The van der Waals surface area contributed by atoms with Crippen molar-refractivity contribution in [1.82, 2.24) is 10.2 Å². The Bertz CT molecular complexity index is 433. The third kappa shape index (κ3) is 2.54. The summed E-state index contributed by atoms with van der Waals surface area (Å²) < 4.78 is 11.0. The van der Waals surface area contributed by atoms with Gasteiger partial charge in [-0.3, -0.25) is 4.90 Å². The zero-order valence-corrected chi connectivity index (χ0v) is 11.0. The van der Waals surface area contributed by atoms with E-state index in [9.17, 15) is 5.11 Å². The molecule has 1 atom stereocenters. The number of aliphatic hydroxyl groups excluding tert-OH is 1. The van der Waals surface area contributed by atoms with Gasteiger partial charge in [0.25, 0.3) is 0 Å². The fourth-order valence-electron chi connectivity index (χ4n) is 2.87. The summed E-state index contributed by atoms with van der Waals surface area (Å²) in [7, 11) is 0. The first-order valence-electron chi connectivity index (χ1n) is 6.84. The van der Waals surface area contributed by atoms with Gasteiger partial charge < -0.3 is 19.9 Å². The Kier molecular flexibility index (Phi) is 3.87. The van der Waals surface area contributed by atoms with Crippen LogP contribution in [0, 0.1) is 0 Å². The molecule has 2 heterocycles. The predicted octanol–water partition coefficient (Wildman–Crippen LogP) is 0.744. The van der Waals surface area contributed by atoms with E-state index in [-0.39, 0.29) is 12.6 Å². The van der Waals surface area contributed by atoms with Gasteiger partial charge in [0.15, 0.2) is 11.5 Å². The number of hydrogen-bond donors (Lipinski definition) is 2. The molecule has 0 amide bonds. The highest BCUT2D eigenvalue weighted by molar-refractivity contribution is 5.49. The van der Waals surface area contributed by atoms with Crippen molar-refractivity contribution in [1.29, 1.82) is 0 Å². The number of rotatable bonds is 4. The summed E-state index contributed by atoms with van der Waals surface area (Å²) in [4.78, 5) is 2.41. The Morgan fingerprint density at radius 3 is 2.89 bits per heavy atom. The summed E-state index contributed by atoms with van der Waals surface area (Å²) in [5, 5.41) is 12.7. The first-order valence-corrected chi connectivity index (χ1v) is 6.84. The molecule has 0 unspecified atom stereocenters. The number of nitrogens with one attached hydrogen (secondary N) is 1. The van der Waals surface area contributed by atoms with Gasteiger partial charge in [0.05, 0.1) is 0 Å². The van der Waals surface area contributed by atoms with Crippen LogP contribution in [-0.4, -0.2) is 49.6 Å². The van der Waals surface area contributed by atoms with Crippen molar-refractivity contribution in [3.8, 4) is 11.5 Å². The number of nitrogens with zero attached hydrogens (tertiary/aromatic N) is 1. The van der Waals surface area contributed by atoms with Gasteiger partial charge >= 0.3 is 0 Å². The van der Waals surface area contributed by atoms with Crippen LogP contribution >= 0.6 is 0 Å².